The van der Waals surface area contributed by atoms with Crippen LogP contribution in [0.5, 0.6) is 0 Å². The number of hydrogen-bond donors (Lipinski definition) is 4. The van der Waals surface area contributed by atoms with Crippen LogP contribution in [0.4, 0.5) is 0 Å². The maximum absolute atomic E-state index is 12.4. The van der Waals surface area contributed by atoms with Crippen LogP contribution in [-0.2, 0) is 14.8 Å². The van der Waals surface area contributed by atoms with E-state index in [1.165, 1.54) is 6.92 Å². The lowest BCUT2D eigenvalue weighted by atomic mass is 10.1. The molecule has 21 heavy (non-hydrogen) atoms. The van der Waals surface area contributed by atoms with Crippen LogP contribution in [0.2, 0.25) is 0 Å². The van der Waals surface area contributed by atoms with E-state index in [9.17, 15) is 18.0 Å². The van der Waals surface area contributed by atoms with Gasteiger partial charge in [-0.15, -0.1) is 0 Å². The number of H-pyrrole nitrogens is 1. The molecule has 1 aromatic heterocycles. The first kappa shape index (κ1) is 15.4. The third kappa shape index (κ3) is 3.22. The molecule has 4 N–H and O–H groups in total. The van der Waals surface area contributed by atoms with Gasteiger partial charge >= 0.3 is 5.97 Å². The second kappa shape index (κ2) is 5.82. The smallest absolute Gasteiger partial charge is 0.357 e. The van der Waals surface area contributed by atoms with E-state index in [2.05, 4.69) is 20.2 Å². The molecule has 1 aromatic rings. The topological polar surface area (TPSA) is 141 Å². The van der Waals surface area contributed by atoms with Gasteiger partial charge in [-0.2, -0.15) is 9.82 Å². The van der Waals surface area contributed by atoms with Crippen molar-refractivity contribution >= 4 is 21.9 Å². The Bertz CT molecular complexity index is 666. The minimum atomic E-state index is -4.16. The second-order valence-electron chi connectivity index (χ2n) is 4.79. The zero-order valence-electron chi connectivity index (χ0n) is 11.3. The van der Waals surface area contributed by atoms with Gasteiger partial charge in [0.25, 0.3) is 0 Å². The first-order valence-corrected chi connectivity index (χ1v) is 7.89. The van der Waals surface area contributed by atoms with Crippen molar-refractivity contribution in [2.75, 3.05) is 6.54 Å². The molecule has 0 aliphatic carbocycles. The number of amides is 1. The van der Waals surface area contributed by atoms with Gasteiger partial charge in [0.05, 0.1) is 5.69 Å². The van der Waals surface area contributed by atoms with Crippen molar-refractivity contribution in [1.29, 1.82) is 0 Å². The van der Waals surface area contributed by atoms with Gasteiger partial charge in [-0.25, -0.2) is 13.2 Å². The molecule has 1 fully saturated rings. The minimum Gasteiger partial charge on any atom is -0.476 e. The van der Waals surface area contributed by atoms with E-state index in [-0.39, 0.29) is 5.69 Å². The summed E-state index contributed by atoms with van der Waals surface area (Å²) in [6.07, 6.45) is 1.83. The number of nitrogens with one attached hydrogen (secondary N) is 3. The molecule has 1 atom stereocenters. The highest BCUT2D eigenvalue weighted by Crippen LogP contribution is 2.19. The van der Waals surface area contributed by atoms with Crippen molar-refractivity contribution in [3.05, 3.63) is 11.4 Å². The summed E-state index contributed by atoms with van der Waals surface area (Å²) >= 11 is 0. The van der Waals surface area contributed by atoms with E-state index in [0.717, 1.165) is 6.42 Å². The van der Waals surface area contributed by atoms with Gasteiger partial charge in [0, 0.05) is 6.54 Å². The highest BCUT2D eigenvalue weighted by molar-refractivity contribution is 7.89. The molecule has 1 aliphatic rings. The van der Waals surface area contributed by atoms with Gasteiger partial charge in [-0.1, -0.05) is 0 Å². The van der Waals surface area contributed by atoms with Gasteiger partial charge in [0.2, 0.25) is 15.9 Å². The standard InChI is InChI=1S/C11H16N4O5S/c1-6-9(8(11(17)18)14-13-6)21(19,20)15-7-4-2-3-5-12-10(7)16/h7,15H,2-5H2,1H3,(H,12,16)(H,13,14)(H,17,18). The number of carbonyl (C=O) groups excluding carboxylic acids is 1. The van der Waals surface area contributed by atoms with E-state index < -0.39 is 38.5 Å². The molecule has 0 spiro atoms. The summed E-state index contributed by atoms with van der Waals surface area (Å²) in [6.45, 7) is 1.91. The molecule has 0 bridgehead atoms. The summed E-state index contributed by atoms with van der Waals surface area (Å²) in [4.78, 5) is 22.4. The van der Waals surface area contributed by atoms with Gasteiger partial charge in [-0.05, 0) is 26.2 Å². The second-order valence-corrected chi connectivity index (χ2v) is 6.44. The van der Waals surface area contributed by atoms with Crippen molar-refractivity contribution in [2.24, 2.45) is 0 Å². The molecule has 1 saturated heterocycles. The van der Waals surface area contributed by atoms with E-state index in [4.69, 9.17) is 5.11 Å². The highest BCUT2D eigenvalue weighted by atomic mass is 32.2. The van der Waals surface area contributed by atoms with Gasteiger partial charge in [0.15, 0.2) is 5.69 Å². The fourth-order valence-electron chi connectivity index (χ4n) is 2.19. The van der Waals surface area contributed by atoms with Crippen LogP contribution < -0.4 is 10.0 Å². The molecule has 10 heteroatoms. The van der Waals surface area contributed by atoms with Crippen molar-refractivity contribution in [3.8, 4) is 0 Å². The Morgan fingerprint density at radius 1 is 1.43 bits per heavy atom. The Labute approximate surface area is 121 Å². The fourth-order valence-corrected chi connectivity index (χ4v) is 3.74. The van der Waals surface area contributed by atoms with Gasteiger partial charge in [-0.3, -0.25) is 9.89 Å². The normalized spacial score (nSPS) is 19.9. The number of rotatable bonds is 4. The van der Waals surface area contributed by atoms with Crippen LogP contribution in [0.3, 0.4) is 0 Å². The number of carbonyl (C=O) groups is 2. The third-order valence-corrected chi connectivity index (χ3v) is 4.83. The average molecular weight is 316 g/mol. The maximum atomic E-state index is 12.4. The Balaban J connectivity index is 2.32. The van der Waals surface area contributed by atoms with Crippen molar-refractivity contribution in [1.82, 2.24) is 20.2 Å². The molecule has 116 valence electrons. The number of aromatic carboxylic acids is 1. The largest absolute Gasteiger partial charge is 0.476 e. The van der Waals surface area contributed by atoms with E-state index >= 15 is 0 Å². The molecule has 2 heterocycles. The van der Waals surface area contributed by atoms with Crippen molar-refractivity contribution < 1.29 is 23.1 Å². The van der Waals surface area contributed by atoms with E-state index in [0.29, 0.717) is 19.4 Å². The van der Waals surface area contributed by atoms with Crippen LogP contribution in [0.15, 0.2) is 4.90 Å². The number of sulfonamides is 1. The number of carboxylic acids is 1. The molecule has 0 saturated carbocycles. The lowest BCUT2D eigenvalue weighted by molar-refractivity contribution is -0.122. The zero-order chi connectivity index (χ0) is 15.6. The van der Waals surface area contributed by atoms with Crippen molar-refractivity contribution in [2.45, 2.75) is 37.1 Å². The molecule has 1 amide bonds. The summed E-state index contributed by atoms with van der Waals surface area (Å²) in [5.74, 6) is -1.86. The third-order valence-electron chi connectivity index (χ3n) is 3.20. The Morgan fingerprint density at radius 2 is 2.14 bits per heavy atom. The minimum absolute atomic E-state index is 0.105. The molecule has 1 unspecified atom stereocenters. The number of hydrogen-bond acceptors (Lipinski definition) is 5. The van der Waals surface area contributed by atoms with Crippen molar-refractivity contribution in [3.63, 3.8) is 0 Å². The maximum Gasteiger partial charge on any atom is 0.357 e. The SMILES string of the molecule is Cc1[nH]nc(C(=O)O)c1S(=O)(=O)NC1CCCCNC1=O. The number of aromatic amines is 1. The van der Waals surface area contributed by atoms with Gasteiger partial charge < -0.3 is 10.4 Å². The average Bonchev–Trinajstić information content (AvgIpc) is 2.69. The zero-order valence-corrected chi connectivity index (χ0v) is 12.2. The fraction of sp³-hybridized carbons (Fsp3) is 0.545. The molecule has 9 nitrogen and oxygen atoms in total. The summed E-state index contributed by atoms with van der Waals surface area (Å²) < 4.78 is 27.0. The summed E-state index contributed by atoms with van der Waals surface area (Å²) in [6, 6.07) is -0.909. The van der Waals surface area contributed by atoms with E-state index in [1.807, 2.05) is 0 Å². The van der Waals surface area contributed by atoms with Crippen LogP contribution in [-0.4, -0.2) is 48.2 Å². The molecule has 0 radical (unpaired) electrons. The number of carboxylic acid groups (broad SMARTS) is 1. The summed E-state index contributed by atoms with van der Waals surface area (Å²) in [5, 5.41) is 17.4. The van der Waals surface area contributed by atoms with Crippen LogP contribution in [0.1, 0.15) is 35.4 Å². The molecule has 0 aromatic carbocycles. The quantitative estimate of drug-likeness (QED) is 0.582. The monoisotopic (exact) mass is 316 g/mol. The van der Waals surface area contributed by atoms with Gasteiger partial charge in [0.1, 0.15) is 10.9 Å². The van der Waals surface area contributed by atoms with E-state index in [1.54, 1.807) is 0 Å². The molecule has 2 rings (SSSR count). The van der Waals surface area contributed by atoms with Crippen LogP contribution in [0.25, 0.3) is 0 Å². The number of aryl methyl sites for hydroxylation is 1. The summed E-state index contributed by atoms with van der Waals surface area (Å²) in [7, 11) is -4.16. The molecule has 1 aliphatic heterocycles. The van der Waals surface area contributed by atoms with Crippen LogP contribution >= 0.6 is 0 Å². The molecular weight excluding hydrogens is 300 g/mol. The predicted molar refractivity (Wildman–Crippen MR) is 71.3 cm³/mol. The first-order chi connectivity index (χ1) is 9.83. The lowest BCUT2D eigenvalue weighted by Crippen LogP contribution is -2.45. The Hall–Kier alpha value is -1.94. The number of nitrogens with zero attached hydrogens (tertiary/aromatic N) is 1. The van der Waals surface area contributed by atoms with Crippen LogP contribution in [0, 0.1) is 6.92 Å². The Morgan fingerprint density at radius 3 is 2.81 bits per heavy atom. The lowest BCUT2D eigenvalue weighted by Gasteiger charge is -2.15. The Kier molecular flexibility index (Phi) is 4.28. The summed E-state index contributed by atoms with van der Waals surface area (Å²) in [5.41, 5.74) is -0.483. The predicted octanol–water partition coefficient (Wildman–Crippen LogP) is -0.637. The first-order valence-electron chi connectivity index (χ1n) is 6.41. The molecular formula is C11H16N4O5S. The highest BCUT2D eigenvalue weighted by Gasteiger charge is 2.32. The number of aromatic nitrogens is 2.